The average molecular weight is 353 g/mol. The van der Waals surface area contributed by atoms with E-state index in [0.29, 0.717) is 13.1 Å². The largest absolute Gasteiger partial charge is 0.497 e. The lowest BCUT2D eigenvalue weighted by molar-refractivity contribution is -0.122. The zero-order valence-electron chi connectivity index (χ0n) is 15.4. The molecule has 26 heavy (non-hydrogen) atoms. The molecule has 0 atom stereocenters. The molecule has 0 aromatic heterocycles. The normalized spacial score (nSPS) is 14.9. The van der Waals surface area contributed by atoms with Crippen molar-refractivity contribution in [3.8, 4) is 5.75 Å². The van der Waals surface area contributed by atoms with Crippen LogP contribution in [0.1, 0.15) is 5.56 Å². The quantitative estimate of drug-likeness (QED) is 0.829. The van der Waals surface area contributed by atoms with Crippen LogP contribution >= 0.6 is 0 Å². The number of para-hydroxylation sites is 1. The Bertz CT molecular complexity index is 697. The predicted molar refractivity (Wildman–Crippen MR) is 105 cm³/mol. The van der Waals surface area contributed by atoms with Crippen LogP contribution < -0.4 is 15.0 Å². The first-order chi connectivity index (χ1) is 12.7. The fourth-order valence-electron chi connectivity index (χ4n) is 3.24. The number of rotatable bonds is 7. The molecule has 1 saturated heterocycles. The van der Waals surface area contributed by atoms with Gasteiger partial charge in [-0.15, -0.1) is 0 Å². The second kappa shape index (κ2) is 9.25. The van der Waals surface area contributed by atoms with Gasteiger partial charge in [-0.25, -0.2) is 0 Å². The van der Waals surface area contributed by atoms with Gasteiger partial charge in [-0.1, -0.05) is 30.3 Å². The monoisotopic (exact) mass is 353 g/mol. The minimum atomic E-state index is 0.0982. The molecule has 2 aromatic carbocycles. The minimum Gasteiger partial charge on any atom is -0.497 e. The zero-order valence-corrected chi connectivity index (χ0v) is 15.4. The lowest BCUT2D eigenvalue weighted by Crippen LogP contribution is -2.49. The molecular weight excluding hydrogens is 326 g/mol. The van der Waals surface area contributed by atoms with E-state index in [1.807, 2.05) is 24.3 Å². The van der Waals surface area contributed by atoms with Crippen LogP contribution in [-0.2, 0) is 11.2 Å². The first-order valence-electron chi connectivity index (χ1n) is 9.16. The van der Waals surface area contributed by atoms with Gasteiger partial charge in [0.2, 0.25) is 5.91 Å². The first kappa shape index (κ1) is 18.3. The van der Waals surface area contributed by atoms with Crippen LogP contribution in [0.4, 0.5) is 5.69 Å². The third-order valence-corrected chi connectivity index (χ3v) is 4.73. The van der Waals surface area contributed by atoms with Gasteiger partial charge in [-0.2, -0.15) is 0 Å². The van der Waals surface area contributed by atoms with Gasteiger partial charge in [0.05, 0.1) is 13.7 Å². The van der Waals surface area contributed by atoms with Gasteiger partial charge < -0.3 is 15.0 Å². The van der Waals surface area contributed by atoms with E-state index in [1.54, 1.807) is 7.11 Å². The van der Waals surface area contributed by atoms with Crippen molar-refractivity contribution in [2.75, 3.05) is 51.3 Å². The van der Waals surface area contributed by atoms with E-state index in [9.17, 15) is 4.79 Å². The number of anilines is 1. The van der Waals surface area contributed by atoms with Crippen LogP contribution in [0.25, 0.3) is 0 Å². The van der Waals surface area contributed by atoms with Gasteiger partial charge in [-0.05, 0) is 36.2 Å². The molecule has 5 nitrogen and oxygen atoms in total. The molecule has 1 aliphatic heterocycles. The van der Waals surface area contributed by atoms with Crippen molar-refractivity contribution in [2.45, 2.75) is 6.42 Å². The third kappa shape index (κ3) is 5.23. The maximum atomic E-state index is 12.2. The van der Waals surface area contributed by atoms with Gasteiger partial charge in [0.25, 0.3) is 0 Å². The van der Waals surface area contributed by atoms with E-state index in [4.69, 9.17) is 4.74 Å². The maximum absolute atomic E-state index is 12.2. The van der Waals surface area contributed by atoms with E-state index in [0.717, 1.165) is 38.3 Å². The minimum absolute atomic E-state index is 0.0982. The second-order valence-corrected chi connectivity index (χ2v) is 6.55. The van der Waals surface area contributed by atoms with E-state index >= 15 is 0 Å². The number of nitrogens with zero attached hydrogens (tertiary/aromatic N) is 2. The highest BCUT2D eigenvalue weighted by molar-refractivity contribution is 5.78. The molecule has 0 radical (unpaired) electrons. The Labute approximate surface area is 155 Å². The smallest absolute Gasteiger partial charge is 0.234 e. The summed E-state index contributed by atoms with van der Waals surface area (Å²) in [4.78, 5) is 16.8. The molecule has 0 spiro atoms. The molecule has 1 aliphatic rings. The Kier molecular flexibility index (Phi) is 6.50. The van der Waals surface area contributed by atoms with Crippen molar-refractivity contribution in [3.63, 3.8) is 0 Å². The number of hydrogen-bond acceptors (Lipinski definition) is 4. The summed E-state index contributed by atoms with van der Waals surface area (Å²) in [6, 6.07) is 18.4. The maximum Gasteiger partial charge on any atom is 0.234 e. The molecular formula is C21H27N3O2. The van der Waals surface area contributed by atoms with Crippen molar-refractivity contribution >= 4 is 11.6 Å². The topological polar surface area (TPSA) is 44.8 Å². The number of carbonyl (C=O) groups is 1. The Balaban J connectivity index is 1.36. The number of methoxy groups -OCH3 is 1. The van der Waals surface area contributed by atoms with Gasteiger partial charge in [0.15, 0.2) is 0 Å². The second-order valence-electron chi connectivity index (χ2n) is 6.55. The fourth-order valence-corrected chi connectivity index (χ4v) is 3.24. The van der Waals surface area contributed by atoms with Crippen LogP contribution in [0, 0.1) is 0 Å². The summed E-state index contributed by atoms with van der Waals surface area (Å²) in [5.74, 6) is 0.950. The van der Waals surface area contributed by atoms with E-state index < -0.39 is 0 Å². The fraction of sp³-hybridized carbons (Fsp3) is 0.381. The van der Waals surface area contributed by atoms with E-state index in [2.05, 4.69) is 45.4 Å². The molecule has 5 heteroatoms. The molecule has 2 aromatic rings. The van der Waals surface area contributed by atoms with Crippen LogP contribution in [0.5, 0.6) is 5.75 Å². The Morgan fingerprint density at radius 2 is 1.81 bits per heavy atom. The molecule has 0 aliphatic carbocycles. The zero-order chi connectivity index (χ0) is 18.2. The number of amides is 1. The number of ether oxygens (including phenoxy) is 1. The van der Waals surface area contributed by atoms with Crippen LogP contribution in [-0.4, -0.2) is 57.2 Å². The lowest BCUT2D eigenvalue weighted by atomic mass is 10.1. The SMILES string of the molecule is COc1cccc(CCNC(=O)CN2CCN(c3ccccc3)CC2)c1. The lowest BCUT2D eigenvalue weighted by Gasteiger charge is -2.35. The Morgan fingerprint density at radius 1 is 1.04 bits per heavy atom. The molecule has 0 unspecified atom stereocenters. The highest BCUT2D eigenvalue weighted by Crippen LogP contribution is 2.15. The summed E-state index contributed by atoms with van der Waals surface area (Å²) in [5, 5.41) is 3.02. The first-order valence-corrected chi connectivity index (χ1v) is 9.16. The van der Waals surface area contributed by atoms with Gasteiger partial charge in [0, 0.05) is 38.4 Å². The molecule has 1 fully saturated rings. The number of piperazine rings is 1. The summed E-state index contributed by atoms with van der Waals surface area (Å²) >= 11 is 0. The molecule has 1 N–H and O–H groups in total. The molecule has 3 rings (SSSR count). The molecule has 138 valence electrons. The van der Waals surface area contributed by atoms with Crippen molar-refractivity contribution < 1.29 is 9.53 Å². The molecule has 0 saturated carbocycles. The van der Waals surface area contributed by atoms with Crippen LogP contribution in [0.2, 0.25) is 0 Å². The number of carbonyl (C=O) groups excluding carboxylic acids is 1. The third-order valence-electron chi connectivity index (χ3n) is 4.73. The summed E-state index contributed by atoms with van der Waals surface area (Å²) in [6.07, 6.45) is 0.810. The van der Waals surface area contributed by atoms with Crippen molar-refractivity contribution in [2.24, 2.45) is 0 Å². The number of benzene rings is 2. The average Bonchev–Trinajstić information content (AvgIpc) is 2.69. The van der Waals surface area contributed by atoms with Gasteiger partial charge >= 0.3 is 0 Å². The summed E-state index contributed by atoms with van der Waals surface area (Å²) in [6.45, 7) is 4.87. The number of hydrogen-bond donors (Lipinski definition) is 1. The molecule has 1 heterocycles. The summed E-state index contributed by atoms with van der Waals surface area (Å²) in [5.41, 5.74) is 2.43. The van der Waals surface area contributed by atoms with Crippen molar-refractivity contribution in [1.82, 2.24) is 10.2 Å². The predicted octanol–water partition coefficient (Wildman–Crippen LogP) is 2.18. The van der Waals surface area contributed by atoms with Crippen LogP contribution in [0.15, 0.2) is 54.6 Å². The highest BCUT2D eigenvalue weighted by atomic mass is 16.5. The molecule has 0 bridgehead atoms. The highest BCUT2D eigenvalue weighted by Gasteiger charge is 2.18. The Morgan fingerprint density at radius 3 is 2.54 bits per heavy atom. The standard InChI is InChI=1S/C21H27N3O2/c1-26-20-9-5-6-18(16-20)10-11-22-21(25)17-23-12-14-24(15-13-23)19-7-3-2-4-8-19/h2-9,16H,10-15,17H2,1H3,(H,22,25). The van der Waals surface area contributed by atoms with Crippen molar-refractivity contribution in [3.05, 3.63) is 60.2 Å². The Hall–Kier alpha value is -2.53. The summed E-state index contributed by atoms with van der Waals surface area (Å²) < 4.78 is 5.23. The molecule has 1 amide bonds. The van der Waals surface area contributed by atoms with E-state index in [1.165, 1.54) is 11.3 Å². The summed E-state index contributed by atoms with van der Waals surface area (Å²) in [7, 11) is 1.67. The number of nitrogens with one attached hydrogen (secondary N) is 1. The van der Waals surface area contributed by atoms with E-state index in [-0.39, 0.29) is 5.91 Å². The van der Waals surface area contributed by atoms with Gasteiger partial charge in [0.1, 0.15) is 5.75 Å². The van der Waals surface area contributed by atoms with Crippen molar-refractivity contribution in [1.29, 1.82) is 0 Å². The van der Waals surface area contributed by atoms with Gasteiger partial charge in [-0.3, -0.25) is 9.69 Å². The van der Waals surface area contributed by atoms with Crippen LogP contribution in [0.3, 0.4) is 0 Å².